The largest absolute Gasteiger partial charge is 0.352 e. The minimum absolute atomic E-state index is 0.0262. The maximum Gasteiger partial charge on any atom is 0.244 e. The first kappa shape index (κ1) is 28.2. The lowest BCUT2D eigenvalue weighted by Gasteiger charge is -2.33. The number of benzene rings is 2. The van der Waals surface area contributed by atoms with Crippen LogP contribution in [-0.2, 0) is 26.2 Å². The smallest absolute Gasteiger partial charge is 0.244 e. The van der Waals surface area contributed by atoms with E-state index in [1.165, 1.54) is 23.1 Å². The quantitative estimate of drug-likeness (QED) is 0.456. The molecule has 0 aromatic heterocycles. The van der Waals surface area contributed by atoms with Crippen LogP contribution in [-0.4, -0.2) is 50.0 Å². The molecule has 1 saturated carbocycles. The maximum atomic E-state index is 14.5. The summed E-state index contributed by atoms with van der Waals surface area (Å²) in [6, 6.07) is 9.31. The Hall–Kier alpha value is -2.36. The molecule has 36 heavy (non-hydrogen) atoms. The average Bonchev–Trinajstić information content (AvgIpc) is 3.32. The molecule has 196 valence electrons. The Morgan fingerprint density at radius 3 is 2.25 bits per heavy atom. The van der Waals surface area contributed by atoms with Gasteiger partial charge in [-0.05, 0) is 43.5 Å². The minimum Gasteiger partial charge on any atom is -0.352 e. The molecular formula is C25H30Cl2FN3O4S. The van der Waals surface area contributed by atoms with Crippen molar-refractivity contribution in [2.75, 3.05) is 17.1 Å². The highest BCUT2D eigenvalue weighted by atomic mass is 35.5. The molecule has 0 heterocycles. The average molecular weight is 559 g/mol. The van der Waals surface area contributed by atoms with Crippen molar-refractivity contribution in [3.8, 4) is 0 Å². The molecule has 1 atom stereocenters. The van der Waals surface area contributed by atoms with Gasteiger partial charge < -0.3 is 10.2 Å². The summed E-state index contributed by atoms with van der Waals surface area (Å²) < 4.78 is 40.4. The molecule has 0 spiro atoms. The van der Waals surface area contributed by atoms with Gasteiger partial charge in [0.1, 0.15) is 18.4 Å². The van der Waals surface area contributed by atoms with Gasteiger partial charge in [-0.2, -0.15) is 0 Å². The number of carbonyl (C=O) groups is 2. The normalized spacial score (nSPS) is 14.9. The van der Waals surface area contributed by atoms with Crippen LogP contribution in [0.2, 0.25) is 10.0 Å². The van der Waals surface area contributed by atoms with Gasteiger partial charge in [-0.3, -0.25) is 13.9 Å². The van der Waals surface area contributed by atoms with Crippen LogP contribution < -0.4 is 9.62 Å². The number of para-hydroxylation sites is 1. The number of carbonyl (C=O) groups excluding carboxylic acids is 2. The molecule has 0 saturated heterocycles. The third-order valence-electron chi connectivity index (χ3n) is 6.28. The maximum absolute atomic E-state index is 14.5. The highest BCUT2D eigenvalue weighted by Crippen LogP contribution is 2.28. The predicted molar refractivity (Wildman–Crippen MR) is 140 cm³/mol. The van der Waals surface area contributed by atoms with Crippen LogP contribution in [0.15, 0.2) is 42.5 Å². The first-order chi connectivity index (χ1) is 17.0. The number of hydrogen-bond acceptors (Lipinski definition) is 4. The molecule has 1 aliphatic rings. The van der Waals surface area contributed by atoms with Gasteiger partial charge in [0.05, 0.1) is 11.9 Å². The molecular weight excluding hydrogens is 528 g/mol. The van der Waals surface area contributed by atoms with Crippen LogP contribution in [0.25, 0.3) is 0 Å². The molecule has 0 radical (unpaired) electrons. The minimum atomic E-state index is -4.04. The molecule has 0 bridgehead atoms. The molecule has 0 aliphatic heterocycles. The number of nitrogens with one attached hydrogen (secondary N) is 1. The molecule has 1 unspecified atom stereocenters. The van der Waals surface area contributed by atoms with Gasteiger partial charge in [-0.25, -0.2) is 12.8 Å². The van der Waals surface area contributed by atoms with E-state index in [1.54, 1.807) is 25.1 Å². The van der Waals surface area contributed by atoms with E-state index in [-0.39, 0.29) is 30.6 Å². The Balaban J connectivity index is 1.98. The Labute approximate surface area is 221 Å². The molecule has 3 rings (SSSR count). The van der Waals surface area contributed by atoms with Crippen LogP contribution in [0, 0.1) is 5.82 Å². The lowest BCUT2D eigenvalue weighted by Crippen LogP contribution is -2.53. The Kier molecular flexibility index (Phi) is 9.60. The Morgan fingerprint density at radius 1 is 1.08 bits per heavy atom. The van der Waals surface area contributed by atoms with Crippen LogP contribution in [0.3, 0.4) is 0 Å². The van der Waals surface area contributed by atoms with E-state index >= 15 is 0 Å². The van der Waals surface area contributed by atoms with Crippen molar-refractivity contribution in [2.24, 2.45) is 0 Å². The second-order valence-corrected chi connectivity index (χ2v) is 11.6. The van der Waals surface area contributed by atoms with Gasteiger partial charge in [0.15, 0.2) is 0 Å². The van der Waals surface area contributed by atoms with Gasteiger partial charge in [0.25, 0.3) is 0 Å². The van der Waals surface area contributed by atoms with Crippen molar-refractivity contribution in [3.63, 3.8) is 0 Å². The third-order valence-corrected chi connectivity index (χ3v) is 8.11. The fourth-order valence-corrected chi connectivity index (χ4v) is 5.76. The van der Waals surface area contributed by atoms with Gasteiger partial charge in [0.2, 0.25) is 21.8 Å². The number of anilines is 1. The number of nitrogens with zero attached hydrogens (tertiary/aromatic N) is 2. The Bertz CT molecular complexity index is 1190. The van der Waals surface area contributed by atoms with Crippen LogP contribution in [0.4, 0.5) is 10.1 Å². The van der Waals surface area contributed by atoms with Gasteiger partial charge in [0, 0.05) is 28.2 Å². The van der Waals surface area contributed by atoms with E-state index < -0.39 is 34.3 Å². The number of sulfonamides is 1. The molecule has 1 aliphatic carbocycles. The summed E-state index contributed by atoms with van der Waals surface area (Å²) in [5, 5.41) is 3.63. The molecule has 2 aromatic rings. The number of hydrogen-bond donors (Lipinski definition) is 1. The Morgan fingerprint density at radius 2 is 1.69 bits per heavy atom. The fraction of sp³-hybridized carbons (Fsp3) is 0.440. The monoisotopic (exact) mass is 557 g/mol. The first-order valence-corrected chi connectivity index (χ1v) is 14.4. The summed E-state index contributed by atoms with van der Waals surface area (Å²) in [5.74, 6) is -1.81. The van der Waals surface area contributed by atoms with Crippen molar-refractivity contribution in [1.82, 2.24) is 10.2 Å². The number of amides is 2. The molecule has 2 amide bonds. The second-order valence-electron chi connectivity index (χ2n) is 8.86. The summed E-state index contributed by atoms with van der Waals surface area (Å²) in [5.41, 5.74) is 0.172. The lowest BCUT2D eigenvalue weighted by molar-refractivity contribution is -0.140. The summed E-state index contributed by atoms with van der Waals surface area (Å²) in [7, 11) is -4.04. The number of rotatable bonds is 10. The van der Waals surface area contributed by atoms with Gasteiger partial charge in [-0.15, -0.1) is 0 Å². The molecule has 1 N–H and O–H groups in total. The van der Waals surface area contributed by atoms with Crippen molar-refractivity contribution in [3.05, 3.63) is 63.9 Å². The molecule has 11 heteroatoms. The van der Waals surface area contributed by atoms with Crippen molar-refractivity contribution in [1.29, 1.82) is 0 Å². The van der Waals surface area contributed by atoms with Crippen molar-refractivity contribution in [2.45, 2.75) is 57.7 Å². The van der Waals surface area contributed by atoms with E-state index in [0.717, 1.165) is 38.0 Å². The summed E-state index contributed by atoms with van der Waals surface area (Å²) in [6.45, 7) is 0.941. The number of halogens is 3. The van der Waals surface area contributed by atoms with E-state index in [0.29, 0.717) is 19.9 Å². The third kappa shape index (κ3) is 6.89. The van der Waals surface area contributed by atoms with E-state index in [9.17, 15) is 22.4 Å². The highest BCUT2D eigenvalue weighted by molar-refractivity contribution is 7.92. The van der Waals surface area contributed by atoms with Crippen LogP contribution in [0.1, 0.15) is 44.6 Å². The first-order valence-electron chi connectivity index (χ1n) is 11.8. The standard InChI is InChI=1S/C25H30Cl2FN3O4S/c1-3-22(25(33)29-17-9-4-5-10-17)30(15-18-19(26)11-8-12-20(18)27)24(32)16-31(36(2,34)35)23-14-7-6-13-21(23)28/h6-8,11-14,17,22H,3-5,9-10,15-16H2,1-2H3,(H,29,33). The summed E-state index contributed by atoms with van der Waals surface area (Å²) >= 11 is 12.7. The second kappa shape index (κ2) is 12.3. The van der Waals surface area contributed by atoms with E-state index in [1.807, 2.05) is 0 Å². The fourth-order valence-electron chi connectivity index (χ4n) is 4.39. The van der Waals surface area contributed by atoms with Crippen molar-refractivity contribution >= 4 is 50.7 Å². The highest BCUT2D eigenvalue weighted by Gasteiger charge is 2.34. The summed E-state index contributed by atoms with van der Waals surface area (Å²) in [4.78, 5) is 28.2. The zero-order valence-electron chi connectivity index (χ0n) is 20.2. The van der Waals surface area contributed by atoms with Gasteiger partial charge in [-0.1, -0.05) is 61.2 Å². The van der Waals surface area contributed by atoms with Gasteiger partial charge >= 0.3 is 0 Å². The van der Waals surface area contributed by atoms with Crippen LogP contribution >= 0.6 is 23.2 Å². The summed E-state index contributed by atoms with van der Waals surface area (Å²) in [6.07, 6.45) is 4.93. The predicted octanol–water partition coefficient (Wildman–Crippen LogP) is 4.76. The lowest BCUT2D eigenvalue weighted by atomic mass is 10.1. The molecule has 2 aromatic carbocycles. The molecule has 7 nitrogen and oxygen atoms in total. The SMILES string of the molecule is CCC(C(=O)NC1CCCC1)N(Cc1c(Cl)cccc1Cl)C(=O)CN(c1ccccc1F)S(C)(=O)=O. The zero-order chi connectivity index (χ0) is 26.5. The van der Waals surface area contributed by atoms with E-state index in [2.05, 4.69) is 5.32 Å². The van der Waals surface area contributed by atoms with Crippen molar-refractivity contribution < 1.29 is 22.4 Å². The van der Waals surface area contributed by atoms with Crippen LogP contribution in [0.5, 0.6) is 0 Å². The van der Waals surface area contributed by atoms with E-state index in [4.69, 9.17) is 23.2 Å². The zero-order valence-corrected chi connectivity index (χ0v) is 22.5. The molecule has 1 fully saturated rings. The topological polar surface area (TPSA) is 86.8 Å².